The number of carbonyl (C=O) groups is 2. The number of amides is 1. The zero-order valence-corrected chi connectivity index (χ0v) is 16.4. The van der Waals surface area contributed by atoms with E-state index in [1.807, 2.05) is 33.8 Å². The van der Waals surface area contributed by atoms with Gasteiger partial charge in [0.05, 0.1) is 11.3 Å². The maximum atomic E-state index is 12.5. The lowest BCUT2D eigenvalue weighted by Gasteiger charge is -2.21. The Morgan fingerprint density at radius 2 is 2.04 bits per heavy atom. The molecule has 2 heterocycles. The van der Waals surface area contributed by atoms with Crippen LogP contribution in [-0.2, 0) is 9.53 Å². The van der Waals surface area contributed by atoms with Crippen molar-refractivity contribution in [1.82, 2.24) is 10.3 Å². The van der Waals surface area contributed by atoms with Crippen molar-refractivity contribution in [3.8, 4) is 10.8 Å². The zero-order chi connectivity index (χ0) is 19.5. The first-order valence-corrected chi connectivity index (χ1v) is 9.10. The van der Waals surface area contributed by atoms with Crippen LogP contribution in [0.3, 0.4) is 0 Å². The van der Waals surface area contributed by atoms with Crippen molar-refractivity contribution in [2.75, 3.05) is 6.61 Å². The lowest BCUT2D eigenvalue weighted by Crippen LogP contribution is -2.42. The summed E-state index contributed by atoms with van der Waals surface area (Å²) in [6, 6.07) is 2.58. The number of aryl methyl sites for hydroxylation is 2. The molecule has 0 saturated heterocycles. The predicted octanol–water partition coefficient (Wildman–Crippen LogP) is 3.41. The Labute approximate surface area is 156 Å². The number of carbonyl (C=O) groups excluding carboxylic acids is 1. The highest BCUT2D eigenvalue weighted by atomic mass is 32.1. The van der Waals surface area contributed by atoms with Gasteiger partial charge in [-0.1, -0.05) is 0 Å². The van der Waals surface area contributed by atoms with E-state index in [1.54, 1.807) is 13.0 Å². The van der Waals surface area contributed by atoms with Crippen molar-refractivity contribution in [3.63, 3.8) is 0 Å². The quantitative estimate of drug-likeness (QED) is 0.763. The predicted molar refractivity (Wildman–Crippen MR) is 98.5 cm³/mol. The Hall–Kier alpha value is -2.19. The Morgan fingerprint density at radius 3 is 2.58 bits per heavy atom. The van der Waals surface area contributed by atoms with Crippen LogP contribution in [0.1, 0.15) is 48.3 Å². The number of aliphatic carboxylic acids is 1. The van der Waals surface area contributed by atoms with Crippen LogP contribution in [-0.4, -0.2) is 40.2 Å². The van der Waals surface area contributed by atoms with Gasteiger partial charge in [-0.05, 0) is 46.8 Å². The molecule has 0 bridgehead atoms. The monoisotopic (exact) mass is 380 g/mol. The van der Waals surface area contributed by atoms with E-state index in [1.165, 1.54) is 11.3 Å². The minimum atomic E-state index is -1.10. The van der Waals surface area contributed by atoms with Crippen LogP contribution >= 0.6 is 11.3 Å². The third-order valence-corrected chi connectivity index (χ3v) is 4.67. The molecule has 0 radical (unpaired) electrons. The maximum Gasteiger partial charge on any atom is 0.326 e. The van der Waals surface area contributed by atoms with Crippen LogP contribution in [0.4, 0.5) is 0 Å². The summed E-state index contributed by atoms with van der Waals surface area (Å²) in [7, 11) is 0. The Morgan fingerprint density at radius 1 is 1.35 bits per heavy atom. The van der Waals surface area contributed by atoms with Gasteiger partial charge in [-0.3, -0.25) is 4.79 Å². The van der Waals surface area contributed by atoms with Crippen LogP contribution in [0, 0.1) is 13.8 Å². The average molecular weight is 380 g/mol. The fourth-order valence-corrected chi connectivity index (χ4v) is 3.16. The zero-order valence-electron chi connectivity index (χ0n) is 15.6. The third-order valence-electron chi connectivity index (χ3n) is 3.50. The van der Waals surface area contributed by atoms with Crippen LogP contribution in [0.15, 0.2) is 16.5 Å². The first kappa shape index (κ1) is 20.1. The fraction of sp³-hybridized carbons (Fsp3) is 0.500. The first-order valence-electron chi connectivity index (χ1n) is 8.28. The summed E-state index contributed by atoms with van der Waals surface area (Å²) in [6.07, 6.45) is 0.181. The van der Waals surface area contributed by atoms with Gasteiger partial charge in [0, 0.05) is 13.0 Å². The van der Waals surface area contributed by atoms with E-state index in [0.29, 0.717) is 21.3 Å². The topological polar surface area (TPSA) is 102 Å². The highest BCUT2D eigenvalue weighted by molar-refractivity contribution is 7.17. The molecule has 7 nitrogen and oxygen atoms in total. The number of carboxylic acids is 1. The summed E-state index contributed by atoms with van der Waals surface area (Å²) in [5, 5.41) is 12.5. The number of hydrogen-bond donors (Lipinski definition) is 2. The minimum Gasteiger partial charge on any atom is -0.480 e. The number of hydrogen-bond acceptors (Lipinski definition) is 6. The lowest BCUT2D eigenvalue weighted by molar-refractivity contribution is -0.140. The number of furan rings is 1. The summed E-state index contributed by atoms with van der Waals surface area (Å²) in [4.78, 5) is 28.7. The van der Waals surface area contributed by atoms with Crippen molar-refractivity contribution >= 4 is 23.2 Å². The number of carboxylic acid groups (broad SMARTS) is 1. The van der Waals surface area contributed by atoms with Crippen molar-refractivity contribution < 1.29 is 23.8 Å². The largest absolute Gasteiger partial charge is 0.480 e. The van der Waals surface area contributed by atoms with Gasteiger partial charge in [0.15, 0.2) is 10.8 Å². The van der Waals surface area contributed by atoms with Crippen LogP contribution in [0.25, 0.3) is 10.8 Å². The van der Waals surface area contributed by atoms with E-state index >= 15 is 0 Å². The Bertz CT molecular complexity index is 788. The molecular weight excluding hydrogens is 356 g/mol. The molecule has 142 valence electrons. The fourth-order valence-electron chi connectivity index (χ4n) is 2.23. The van der Waals surface area contributed by atoms with Gasteiger partial charge in [-0.25, -0.2) is 9.78 Å². The summed E-state index contributed by atoms with van der Waals surface area (Å²) in [5.74, 6) is -0.218. The normalized spacial score (nSPS) is 12.8. The number of nitrogens with zero attached hydrogens (tertiary/aromatic N) is 1. The SMILES string of the molecule is Cc1ccc(-c2nc(C)c(C(=O)NC(CCOC(C)(C)C)C(=O)O)s2)o1. The minimum absolute atomic E-state index is 0.181. The van der Waals surface area contributed by atoms with Crippen molar-refractivity contribution in [2.45, 2.75) is 52.7 Å². The lowest BCUT2D eigenvalue weighted by atomic mass is 10.1. The van der Waals surface area contributed by atoms with E-state index in [9.17, 15) is 14.7 Å². The second-order valence-corrected chi connectivity index (χ2v) is 7.96. The van der Waals surface area contributed by atoms with Gasteiger partial charge in [-0.15, -0.1) is 11.3 Å². The molecule has 1 atom stereocenters. The van der Waals surface area contributed by atoms with Crippen molar-refractivity contribution in [1.29, 1.82) is 0 Å². The molecule has 8 heteroatoms. The van der Waals surface area contributed by atoms with Gasteiger partial charge < -0.3 is 19.6 Å². The highest BCUT2D eigenvalue weighted by Gasteiger charge is 2.25. The van der Waals surface area contributed by atoms with Gasteiger partial charge in [0.2, 0.25) is 0 Å². The van der Waals surface area contributed by atoms with E-state index in [-0.39, 0.29) is 18.6 Å². The Kier molecular flexibility index (Phi) is 6.20. The third kappa shape index (κ3) is 5.40. The van der Waals surface area contributed by atoms with Crippen LogP contribution in [0.5, 0.6) is 0 Å². The number of nitrogens with one attached hydrogen (secondary N) is 1. The molecule has 0 aromatic carbocycles. The van der Waals surface area contributed by atoms with Crippen molar-refractivity contribution in [2.24, 2.45) is 0 Å². The molecular formula is C18H24N2O5S. The Balaban J connectivity index is 2.07. The second kappa shape index (κ2) is 8.01. The number of thiazole rings is 1. The molecule has 1 amide bonds. The molecule has 2 rings (SSSR count). The maximum absolute atomic E-state index is 12.5. The van der Waals surface area contributed by atoms with E-state index < -0.39 is 17.9 Å². The van der Waals surface area contributed by atoms with Gasteiger partial charge in [0.25, 0.3) is 5.91 Å². The molecule has 26 heavy (non-hydrogen) atoms. The summed E-state index contributed by atoms with van der Waals surface area (Å²) < 4.78 is 11.1. The highest BCUT2D eigenvalue weighted by Crippen LogP contribution is 2.29. The molecule has 0 fully saturated rings. The number of rotatable bonds is 7. The van der Waals surface area contributed by atoms with Crippen molar-refractivity contribution in [3.05, 3.63) is 28.5 Å². The summed E-state index contributed by atoms with van der Waals surface area (Å²) in [6.45, 7) is 9.44. The second-order valence-electron chi connectivity index (χ2n) is 6.96. The van der Waals surface area contributed by atoms with Gasteiger partial charge in [0.1, 0.15) is 16.7 Å². The molecule has 0 aliphatic heterocycles. The molecule has 2 N–H and O–H groups in total. The van der Waals surface area contributed by atoms with E-state index in [4.69, 9.17) is 9.15 Å². The smallest absolute Gasteiger partial charge is 0.326 e. The standard InChI is InChI=1S/C18H24N2O5S/c1-10-6-7-13(25-10)16-19-11(2)14(26-16)15(21)20-12(17(22)23)8-9-24-18(3,4)5/h6-7,12H,8-9H2,1-5H3,(H,20,21)(H,22,23). The molecule has 0 saturated carbocycles. The molecule has 1 unspecified atom stereocenters. The average Bonchev–Trinajstić information content (AvgIpc) is 3.10. The summed E-state index contributed by atoms with van der Waals surface area (Å²) >= 11 is 1.17. The first-order chi connectivity index (χ1) is 12.1. The molecule has 2 aromatic rings. The molecule has 0 spiro atoms. The van der Waals surface area contributed by atoms with E-state index in [0.717, 1.165) is 5.76 Å². The summed E-state index contributed by atoms with van der Waals surface area (Å²) in [5.41, 5.74) is 0.170. The molecule has 0 aliphatic rings. The molecule has 2 aromatic heterocycles. The van der Waals surface area contributed by atoms with Gasteiger partial charge >= 0.3 is 5.97 Å². The number of ether oxygens (including phenoxy) is 1. The van der Waals surface area contributed by atoms with Gasteiger partial charge in [-0.2, -0.15) is 0 Å². The van der Waals surface area contributed by atoms with E-state index in [2.05, 4.69) is 10.3 Å². The molecule has 0 aliphatic carbocycles. The van der Waals surface area contributed by atoms with Crippen LogP contribution in [0.2, 0.25) is 0 Å². The number of aromatic nitrogens is 1. The van der Waals surface area contributed by atoms with Crippen LogP contribution < -0.4 is 5.32 Å².